The van der Waals surface area contributed by atoms with Crippen molar-refractivity contribution >= 4 is 28.2 Å². The maximum atomic E-state index is 5.95. The van der Waals surface area contributed by atoms with Crippen LogP contribution in [0.25, 0.3) is 10.9 Å². The highest BCUT2D eigenvalue weighted by molar-refractivity contribution is 6.31. The average Bonchev–Trinajstić information content (AvgIpc) is 2.35. The van der Waals surface area contributed by atoms with Gasteiger partial charge >= 0.3 is 0 Å². The lowest BCUT2D eigenvalue weighted by Gasteiger charge is -2.17. The van der Waals surface area contributed by atoms with E-state index in [1.165, 1.54) is 0 Å². The molecule has 1 heterocycles. The summed E-state index contributed by atoms with van der Waals surface area (Å²) in [5.41, 5.74) is 7.66. The van der Waals surface area contributed by atoms with E-state index < -0.39 is 0 Å². The van der Waals surface area contributed by atoms with E-state index in [9.17, 15) is 0 Å². The Morgan fingerprint density at radius 1 is 1.41 bits per heavy atom. The van der Waals surface area contributed by atoms with Crippen LogP contribution in [0.1, 0.15) is 13.3 Å². The first-order valence-corrected chi connectivity index (χ1v) is 6.13. The average molecular weight is 250 g/mol. The molecule has 2 rings (SSSR count). The molecule has 1 unspecified atom stereocenters. The summed E-state index contributed by atoms with van der Waals surface area (Å²) in [6, 6.07) is 7.98. The van der Waals surface area contributed by atoms with Gasteiger partial charge in [0, 0.05) is 34.9 Å². The minimum atomic E-state index is 0.288. The molecule has 0 fully saturated rings. The van der Waals surface area contributed by atoms with Crippen LogP contribution in [0.3, 0.4) is 0 Å². The number of rotatable bonds is 4. The van der Waals surface area contributed by atoms with E-state index in [-0.39, 0.29) is 6.04 Å². The third kappa shape index (κ3) is 2.68. The van der Waals surface area contributed by atoms with Crippen LogP contribution < -0.4 is 11.1 Å². The molecule has 1 atom stereocenters. The van der Waals surface area contributed by atoms with Crippen LogP contribution in [-0.4, -0.2) is 17.6 Å². The van der Waals surface area contributed by atoms with Gasteiger partial charge in [-0.3, -0.25) is 4.98 Å². The van der Waals surface area contributed by atoms with Crippen LogP contribution in [0.4, 0.5) is 5.69 Å². The van der Waals surface area contributed by atoms with Gasteiger partial charge in [0.1, 0.15) is 0 Å². The summed E-state index contributed by atoms with van der Waals surface area (Å²) in [5.74, 6) is 0. The van der Waals surface area contributed by atoms with E-state index in [2.05, 4.69) is 17.2 Å². The van der Waals surface area contributed by atoms with Gasteiger partial charge in [-0.05, 0) is 30.7 Å². The molecular formula is C13H16ClN3. The van der Waals surface area contributed by atoms with Crippen molar-refractivity contribution in [3.05, 3.63) is 35.5 Å². The minimum Gasteiger partial charge on any atom is -0.380 e. The molecule has 1 aromatic heterocycles. The molecule has 0 aliphatic rings. The second-order valence-corrected chi connectivity index (χ2v) is 4.44. The van der Waals surface area contributed by atoms with Crippen molar-refractivity contribution in [1.82, 2.24) is 4.98 Å². The van der Waals surface area contributed by atoms with Crippen LogP contribution in [0, 0.1) is 0 Å². The summed E-state index contributed by atoms with van der Waals surface area (Å²) in [5, 5.41) is 5.21. The molecule has 4 heteroatoms. The maximum Gasteiger partial charge on any atom is 0.0737 e. The number of aromatic nitrogens is 1. The number of anilines is 1. The molecule has 0 amide bonds. The van der Waals surface area contributed by atoms with Crippen LogP contribution in [-0.2, 0) is 0 Å². The zero-order chi connectivity index (χ0) is 12.3. The van der Waals surface area contributed by atoms with Crippen molar-refractivity contribution in [3.8, 4) is 0 Å². The van der Waals surface area contributed by atoms with Crippen LogP contribution >= 0.6 is 11.6 Å². The third-order valence-corrected chi connectivity index (χ3v) is 3.08. The molecule has 17 heavy (non-hydrogen) atoms. The van der Waals surface area contributed by atoms with E-state index >= 15 is 0 Å². The SMILES string of the molecule is CCC(CN)Nc1ccnc2cc(Cl)ccc12. The summed E-state index contributed by atoms with van der Waals surface area (Å²) in [6.07, 6.45) is 2.78. The largest absolute Gasteiger partial charge is 0.380 e. The van der Waals surface area contributed by atoms with Gasteiger partial charge in [0.15, 0.2) is 0 Å². The van der Waals surface area contributed by atoms with E-state index in [1.807, 2.05) is 24.3 Å². The molecule has 2 aromatic rings. The minimum absolute atomic E-state index is 0.288. The molecule has 0 bridgehead atoms. The molecule has 0 spiro atoms. The predicted molar refractivity (Wildman–Crippen MR) is 73.5 cm³/mol. The number of hydrogen-bond acceptors (Lipinski definition) is 3. The lowest BCUT2D eigenvalue weighted by Crippen LogP contribution is -2.27. The Kier molecular flexibility index (Phi) is 3.82. The summed E-state index contributed by atoms with van der Waals surface area (Å²) >= 11 is 5.95. The van der Waals surface area contributed by atoms with Gasteiger partial charge in [-0.15, -0.1) is 0 Å². The van der Waals surface area contributed by atoms with E-state index in [4.69, 9.17) is 17.3 Å². The molecule has 0 saturated carbocycles. The van der Waals surface area contributed by atoms with Crippen molar-refractivity contribution in [2.45, 2.75) is 19.4 Å². The number of nitrogens with one attached hydrogen (secondary N) is 1. The van der Waals surface area contributed by atoms with Crippen molar-refractivity contribution < 1.29 is 0 Å². The number of fused-ring (bicyclic) bond motifs is 1. The van der Waals surface area contributed by atoms with Crippen LogP contribution in [0.2, 0.25) is 5.02 Å². The molecule has 3 N–H and O–H groups in total. The normalized spacial score (nSPS) is 12.6. The highest BCUT2D eigenvalue weighted by atomic mass is 35.5. The fraction of sp³-hybridized carbons (Fsp3) is 0.308. The number of benzene rings is 1. The Hall–Kier alpha value is -1.32. The fourth-order valence-electron chi connectivity index (χ4n) is 1.79. The zero-order valence-corrected chi connectivity index (χ0v) is 10.5. The van der Waals surface area contributed by atoms with Crippen LogP contribution in [0.15, 0.2) is 30.5 Å². The topological polar surface area (TPSA) is 50.9 Å². The fourth-order valence-corrected chi connectivity index (χ4v) is 1.96. The van der Waals surface area contributed by atoms with E-state index in [0.29, 0.717) is 11.6 Å². The third-order valence-electron chi connectivity index (χ3n) is 2.84. The molecule has 0 radical (unpaired) electrons. The Morgan fingerprint density at radius 3 is 2.94 bits per heavy atom. The molecule has 1 aromatic carbocycles. The van der Waals surface area contributed by atoms with E-state index in [1.54, 1.807) is 6.20 Å². The number of halogens is 1. The van der Waals surface area contributed by atoms with Gasteiger partial charge in [-0.2, -0.15) is 0 Å². The second-order valence-electron chi connectivity index (χ2n) is 4.01. The van der Waals surface area contributed by atoms with Crippen molar-refractivity contribution in [2.24, 2.45) is 5.73 Å². The molecule has 0 saturated heterocycles. The number of pyridine rings is 1. The summed E-state index contributed by atoms with van der Waals surface area (Å²) < 4.78 is 0. The first-order valence-electron chi connectivity index (χ1n) is 5.75. The van der Waals surface area contributed by atoms with Crippen molar-refractivity contribution in [1.29, 1.82) is 0 Å². The Labute approximate surface area is 106 Å². The Balaban J connectivity index is 2.40. The maximum absolute atomic E-state index is 5.95. The van der Waals surface area contributed by atoms with Gasteiger partial charge < -0.3 is 11.1 Å². The lowest BCUT2D eigenvalue weighted by molar-refractivity contribution is 0.704. The van der Waals surface area contributed by atoms with E-state index in [0.717, 1.165) is 23.0 Å². The van der Waals surface area contributed by atoms with Gasteiger partial charge in [0.05, 0.1) is 5.52 Å². The predicted octanol–water partition coefficient (Wildman–Crippen LogP) is 3.04. The first-order chi connectivity index (χ1) is 8.24. The smallest absolute Gasteiger partial charge is 0.0737 e. The highest BCUT2D eigenvalue weighted by Gasteiger charge is 2.07. The summed E-state index contributed by atoms with van der Waals surface area (Å²) in [6.45, 7) is 2.73. The number of nitrogens with two attached hydrogens (primary N) is 1. The molecule has 0 aliphatic carbocycles. The second kappa shape index (κ2) is 5.34. The standard InChI is InChI=1S/C13H16ClN3/c1-2-10(8-15)17-12-5-6-16-13-7-9(14)3-4-11(12)13/h3-7,10H,2,8,15H2,1H3,(H,16,17). The number of nitrogens with zero attached hydrogens (tertiary/aromatic N) is 1. The Morgan fingerprint density at radius 2 is 2.24 bits per heavy atom. The summed E-state index contributed by atoms with van der Waals surface area (Å²) in [7, 11) is 0. The quantitative estimate of drug-likeness (QED) is 0.876. The number of hydrogen-bond donors (Lipinski definition) is 2. The Bertz CT molecular complexity index is 509. The zero-order valence-electron chi connectivity index (χ0n) is 9.78. The highest BCUT2D eigenvalue weighted by Crippen LogP contribution is 2.24. The monoisotopic (exact) mass is 249 g/mol. The van der Waals surface area contributed by atoms with Gasteiger partial charge in [0.2, 0.25) is 0 Å². The lowest BCUT2D eigenvalue weighted by atomic mass is 10.1. The van der Waals surface area contributed by atoms with Crippen molar-refractivity contribution in [3.63, 3.8) is 0 Å². The van der Waals surface area contributed by atoms with Gasteiger partial charge in [0.25, 0.3) is 0 Å². The molecular weight excluding hydrogens is 234 g/mol. The van der Waals surface area contributed by atoms with Gasteiger partial charge in [-0.25, -0.2) is 0 Å². The van der Waals surface area contributed by atoms with Crippen molar-refractivity contribution in [2.75, 3.05) is 11.9 Å². The van der Waals surface area contributed by atoms with Gasteiger partial charge in [-0.1, -0.05) is 18.5 Å². The first kappa shape index (κ1) is 12.1. The van der Waals surface area contributed by atoms with Crippen LogP contribution in [0.5, 0.6) is 0 Å². The molecule has 0 aliphatic heterocycles. The molecule has 3 nitrogen and oxygen atoms in total. The molecule has 90 valence electrons. The summed E-state index contributed by atoms with van der Waals surface area (Å²) in [4.78, 5) is 4.31.